The van der Waals surface area contributed by atoms with Crippen LogP contribution in [0.15, 0.2) is 12.1 Å². The van der Waals surface area contributed by atoms with Gasteiger partial charge in [0.2, 0.25) is 0 Å². The summed E-state index contributed by atoms with van der Waals surface area (Å²) in [7, 11) is 1.13. The van der Waals surface area contributed by atoms with Crippen LogP contribution >= 0.6 is 0 Å². The van der Waals surface area contributed by atoms with E-state index in [4.69, 9.17) is 0 Å². The van der Waals surface area contributed by atoms with E-state index in [1.165, 1.54) is 12.1 Å². The fourth-order valence-corrected chi connectivity index (χ4v) is 2.46. The van der Waals surface area contributed by atoms with Gasteiger partial charge in [0.05, 0.1) is 18.4 Å². The van der Waals surface area contributed by atoms with Crippen molar-refractivity contribution in [3.05, 3.63) is 29.3 Å². The molecule has 20 heavy (non-hydrogen) atoms. The first kappa shape index (κ1) is 14.8. The van der Waals surface area contributed by atoms with E-state index in [2.05, 4.69) is 17.0 Å². The van der Waals surface area contributed by atoms with Crippen molar-refractivity contribution in [3.63, 3.8) is 0 Å². The molecular formula is C15H19F2NO2. The topological polar surface area (TPSA) is 38.3 Å². The molecule has 1 saturated carbocycles. The Bertz CT molecular complexity index is 513. The molecule has 0 radical (unpaired) electrons. The normalized spacial score (nSPS) is 15.8. The summed E-state index contributed by atoms with van der Waals surface area (Å²) >= 11 is 0. The second-order valence-corrected chi connectivity index (χ2v) is 5.38. The highest BCUT2D eigenvalue weighted by atomic mass is 19.2. The molecule has 2 rings (SSSR count). The standard InChI is InChI=1S/C15H19F2NO2/c1-3-6-15(7-8-15)9-18-11-5-4-10(14(19)20-2)12(16)13(11)17/h4-5,18H,3,6-9H2,1-2H3. The van der Waals surface area contributed by atoms with E-state index in [1.807, 2.05) is 0 Å². The Labute approximate surface area is 117 Å². The highest BCUT2D eigenvalue weighted by molar-refractivity contribution is 5.90. The Morgan fingerprint density at radius 3 is 2.60 bits per heavy atom. The van der Waals surface area contributed by atoms with Gasteiger partial charge in [0.1, 0.15) is 0 Å². The van der Waals surface area contributed by atoms with E-state index >= 15 is 0 Å². The second-order valence-electron chi connectivity index (χ2n) is 5.38. The molecule has 0 aliphatic heterocycles. The van der Waals surface area contributed by atoms with Crippen LogP contribution in [0, 0.1) is 17.0 Å². The van der Waals surface area contributed by atoms with Gasteiger partial charge < -0.3 is 10.1 Å². The lowest BCUT2D eigenvalue weighted by molar-refractivity contribution is 0.0594. The van der Waals surface area contributed by atoms with E-state index in [0.29, 0.717) is 6.54 Å². The third-order valence-corrected chi connectivity index (χ3v) is 3.88. The van der Waals surface area contributed by atoms with Crippen LogP contribution in [0.5, 0.6) is 0 Å². The maximum Gasteiger partial charge on any atom is 0.340 e. The zero-order chi connectivity index (χ0) is 14.8. The monoisotopic (exact) mass is 283 g/mol. The largest absolute Gasteiger partial charge is 0.465 e. The molecule has 0 bridgehead atoms. The van der Waals surface area contributed by atoms with Gasteiger partial charge in [0.25, 0.3) is 0 Å². The average Bonchev–Trinajstić information content (AvgIpc) is 3.20. The Morgan fingerprint density at radius 2 is 2.05 bits per heavy atom. The SMILES string of the molecule is CCCC1(CNc2ccc(C(=O)OC)c(F)c2F)CC1. The number of methoxy groups -OCH3 is 1. The van der Waals surface area contributed by atoms with Crippen LogP contribution in [-0.2, 0) is 4.74 Å². The van der Waals surface area contributed by atoms with Crippen LogP contribution in [0.1, 0.15) is 43.0 Å². The number of benzene rings is 1. The van der Waals surface area contributed by atoms with E-state index < -0.39 is 17.6 Å². The van der Waals surface area contributed by atoms with E-state index in [0.717, 1.165) is 32.8 Å². The molecule has 110 valence electrons. The van der Waals surface area contributed by atoms with E-state index in [-0.39, 0.29) is 16.7 Å². The Hall–Kier alpha value is -1.65. The summed E-state index contributed by atoms with van der Waals surface area (Å²) in [6.07, 6.45) is 4.42. The van der Waals surface area contributed by atoms with Gasteiger partial charge in [-0.25, -0.2) is 13.6 Å². The number of hydrogen-bond acceptors (Lipinski definition) is 3. The minimum absolute atomic E-state index is 0.0949. The lowest BCUT2D eigenvalue weighted by Gasteiger charge is -2.16. The summed E-state index contributed by atoms with van der Waals surface area (Å²) in [4.78, 5) is 11.3. The summed E-state index contributed by atoms with van der Waals surface area (Å²) in [6.45, 7) is 2.75. The molecule has 1 aliphatic carbocycles. The Balaban J connectivity index is 2.10. The van der Waals surface area contributed by atoms with Gasteiger partial charge in [-0.05, 0) is 36.8 Å². The first-order chi connectivity index (χ1) is 9.53. The summed E-state index contributed by atoms with van der Waals surface area (Å²) < 4.78 is 32.1. The van der Waals surface area contributed by atoms with E-state index in [1.54, 1.807) is 0 Å². The first-order valence-corrected chi connectivity index (χ1v) is 6.83. The van der Waals surface area contributed by atoms with Crippen molar-refractivity contribution in [3.8, 4) is 0 Å². The van der Waals surface area contributed by atoms with Crippen molar-refractivity contribution in [1.29, 1.82) is 0 Å². The van der Waals surface area contributed by atoms with E-state index in [9.17, 15) is 13.6 Å². The van der Waals surface area contributed by atoms with Crippen molar-refractivity contribution in [2.75, 3.05) is 19.0 Å². The number of carbonyl (C=O) groups is 1. The highest BCUT2D eigenvalue weighted by Gasteiger charge is 2.41. The molecule has 5 heteroatoms. The smallest absolute Gasteiger partial charge is 0.340 e. The van der Waals surface area contributed by atoms with Gasteiger partial charge in [-0.3, -0.25) is 0 Å². The molecule has 0 saturated heterocycles. The van der Waals surface area contributed by atoms with Crippen LogP contribution < -0.4 is 5.32 Å². The molecule has 1 aromatic carbocycles. The molecule has 3 nitrogen and oxygen atoms in total. The maximum atomic E-state index is 13.9. The van der Waals surface area contributed by atoms with Gasteiger partial charge in [-0.2, -0.15) is 0 Å². The van der Waals surface area contributed by atoms with Crippen LogP contribution in [-0.4, -0.2) is 19.6 Å². The molecule has 1 N–H and O–H groups in total. The van der Waals surface area contributed by atoms with Crippen molar-refractivity contribution >= 4 is 11.7 Å². The number of halogens is 2. The molecule has 1 aromatic rings. The van der Waals surface area contributed by atoms with Crippen LogP contribution in [0.25, 0.3) is 0 Å². The first-order valence-electron chi connectivity index (χ1n) is 6.83. The quantitative estimate of drug-likeness (QED) is 0.808. The van der Waals surface area contributed by atoms with Gasteiger partial charge in [-0.15, -0.1) is 0 Å². The fourth-order valence-electron chi connectivity index (χ4n) is 2.46. The molecule has 0 unspecified atom stereocenters. The number of anilines is 1. The molecular weight excluding hydrogens is 264 g/mol. The molecule has 0 amide bonds. The summed E-state index contributed by atoms with van der Waals surface area (Å²) in [5, 5.41) is 2.96. The summed E-state index contributed by atoms with van der Waals surface area (Å²) in [5.41, 5.74) is -0.0543. The van der Waals surface area contributed by atoms with Gasteiger partial charge in [0, 0.05) is 6.54 Å². The Kier molecular flexibility index (Phi) is 4.26. The predicted octanol–water partition coefficient (Wildman–Crippen LogP) is 3.74. The number of ether oxygens (including phenoxy) is 1. The van der Waals surface area contributed by atoms with Crippen LogP contribution in [0.4, 0.5) is 14.5 Å². The van der Waals surface area contributed by atoms with Crippen molar-refractivity contribution in [2.24, 2.45) is 5.41 Å². The molecule has 1 fully saturated rings. The van der Waals surface area contributed by atoms with Crippen LogP contribution in [0.3, 0.4) is 0 Å². The van der Waals surface area contributed by atoms with Gasteiger partial charge in [-0.1, -0.05) is 13.3 Å². The number of rotatable bonds is 6. The van der Waals surface area contributed by atoms with Crippen LogP contribution in [0.2, 0.25) is 0 Å². The minimum Gasteiger partial charge on any atom is -0.465 e. The number of hydrogen-bond donors (Lipinski definition) is 1. The molecule has 0 spiro atoms. The van der Waals surface area contributed by atoms with Crippen molar-refractivity contribution in [1.82, 2.24) is 0 Å². The zero-order valence-corrected chi connectivity index (χ0v) is 11.8. The molecule has 1 aliphatic rings. The maximum absolute atomic E-state index is 13.9. The number of nitrogens with one attached hydrogen (secondary N) is 1. The zero-order valence-electron chi connectivity index (χ0n) is 11.8. The molecule has 0 atom stereocenters. The molecule has 0 aromatic heterocycles. The molecule has 0 heterocycles. The highest BCUT2D eigenvalue weighted by Crippen LogP contribution is 2.49. The summed E-state index contributed by atoms with van der Waals surface area (Å²) in [6, 6.07) is 2.62. The lowest BCUT2D eigenvalue weighted by atomic mass is 10.0. The number of esters is 1. The average molecular weight is 283 g/mol. The third-order valence-electron chi connectivity index (χ3n) is 3.88. The predicted molar refractivity (Wildman–Crippen MR) is 72.8 cm³/mol. The van der Waals surface area contributed by atoms with Gasteiger partial charge >= 0.3 is 5.97 Å². The fraction of sp³-hybridized carbons (Fsp3) is 0.533. The Morgan fingerprint density at radius 1 is 1.35 bits per heavy atom. The van der Waals surface area contributed by atoms with Crippen molar-refractivity contribution in [2.45, 2.75) is 32.6 Å². The minimum atomic E-state index is -1.16. The lowest BCUT2D eigenvalue weighted by Crippen LogP contribution is -2.17. The second kappa shape index (κ2) is 5.77. The van der Waals surface area contributed by atoms with Gasteiger partial charge in [0.15, 0.2) is 11.6 Å². The number of carbonyl (C=O) groups excluding carboxylic acids is 1. The summed E-state index contributed by atoms with van der Waals surface area (Å²) in [5.74, 6) is -3.07. The third kappa shape index (κ3) is 2.92. The van der Waals surface area contributed by atoms with Crippen molar-refractivity contribution < 1.29 is 18.3 Å².